The van der Waals surface area contributed by atoms with Crippen molar-refractivity contribution in [1.82, 2.24) is 25.8 Å². The summed E-state index contributed by atoms with van der Waals surface area (Å²) in [7, 11) is 0. The summed E-state index contributed by atoms with van der Waals surface area (Å²) < 4.78 is 5.64. The summed E-state index contributed by atoms with van der Waals surface area (Å²) in [6.45, 7) is 15.1. The van der Waals surface area contributed by atoms with Gasteiger partial charge in [0.15, 0.2) is 11.6 Å². The minimum Gasteiger partial charge on any atom is -0.444 e. The molecule has 0 saturated carbocycles. The maximum atomic E-state index is 14.3. The van der Waals surface area contributed by atoms with Crippen LogP contribution in [0.25, 0.3) is 0 Å². The van der Waals surface area contributed by atoms with E-state index in [4.69, 9.17) is 4.74 Å². The van der Waals surface area contributed by atoms with Crippen molar-refractivity contribution in [2.45, 2.75) is 149 Å². The number of amides is 5. The highest BCUT2D eigenvalue weighted by atomic mass is 16.6. The topological polar surface area (TPSA) is 171 Å². The Morgan fingerprint density at radius 1 is 0.983 bits per heavy atom. The number of nitrogens with zero attached hydrogens (tertiary/aromatic N) is 2. The van der Waals surface area contributed by atoms with E-state index in [0.29, 0.717) is 68.3 Å². The summed E-state index contributed by atoms with van der Waals surface area (Å²) in [4.78, 5) is 95.0. The number of unbranched alkanes of at least 4 members (excludes halogenated alkanes) is 1. The Morgan fingerprint density at radius 2 is 1.69 bits per heavy atom. The van der Waals surface area contributed by atoms with E-state index in [9.17, 15) is 33.6 Å². The number of carbonyl (C=O) groups is 7. The number of Topliss-reactive ketones (excluding diaryl/α,β-unsaturated/α-hetero) is 1. The number of carbonyl (C=O) groups excluding carboxylic acids is 7. The Hall–Kier alpha value is -5.07. The first-order valence-corrected chi connectivity index (χ1v) is 20.7. The fourth-order valence-corrected chi connectivity index (χ4v) is 7.52. The van der Waals surface area contributed by atoms with Crippen LogP contribution < -0.4 is 16.0 Å². The number of hydrogen-bond donors (Lipinski definition) is 3. The smallest absolute Gasteiger partial charge is 0.411 e. The van der Waals surface area contributed by atoms with Crippen LogP contribution >= 0.6 is 0 Å². The summed E-state index contributed by atoms with van der Waals surface area (Å²) in [5, 5.41) is 8.67. The van der Waals surface area contributed by atoms with Crippen LogP contribution in [0.15, 0.2) is 65.3 Å². The van der Waals surface area contributed by atoms with E-state index in [2.05, 4.69) is 16.0 Å². The van der Waals surface area contributed by atoms with Crippen LogP contribution in [0.3, 0.4) is 0 Å². The molecule has 2 aliphatic heterocycles. The van der Waals surface area contributed by atoms with Crippen molar-refractivity contribution < 1.29 is 38.3 Å². The van der Waals surface area contributed by atoms with Gasteiger partial charge >= 0.3 is 6.09 Å². The molecule has 5 atom stereocenters. The molecule has 316 valence electrons. The largest absolute Gasteiger partial charge is 0.444 e. The van der Waals surface area contributed by atoms with Gasteiger partial charge in [-0.1, -0.05) is 42.5 Å². The molecule has 2 fully saturated rings. The second kappa shape index (κ2) is 20.6. The van der Waals surface area contributed by atoms with Crippen molar-refractivity contribution in [3.63, 3.8) is 0 Å². The number of nitrogens with one attached hydrogen (secondary N) is 3. The zero-order valence-electron chi connectivity index (χ0n) is 35.5. The van der Waals surface area contributed by atoms with Crippen molar-refractivity contribution in [3.05, 3.63) is 70.8 Å². The number of ketones is 2. The fraction of sp³-hybridized carbons (Fsp3) is 0.578. The van der Waals surface area contributed by atoms with Crippen molar-refractivity contribution in [2.24, 2.45) is 5.92 Å². The van der Waals surface area contributed by atoms with Crippen LogP contribution in [0, 0.1) is 5.92 Å². The number of ether oxygens (including phenoxy) is 1. The molecule has 0 radical (unpaired) electrons. The first-order valence-electron chi connectivity index (χ1n) is 20.7. The van der Waals surface area contributed by atoms with Gasteiger partial charge in [-0.05, 0) is 118 Å². The normalized spacial score (nSPS) is 20.8. The van der Waals surface area contributed by atoms with E-state index in [1.54, 1.807) is 23.6 Å². The molecule has 13 nitrogen and oxygen atoms in total. The predicted molar refractivity (Wildman–Crippen MR) is 221 cm³/mol. The number of rotatable bonds is 17. The van der Waals surface area contributed by atoms with Gasteiger partial charge in [-0.15, -0.1) is 0 Å². The van der Waals surface area contributed by atoms with Crippen LogP contribution in [-0.2, 0) is 39.9 Å². The van der Waals surface area contributed by atoms with E-state index in [0.717, 1.165) is 12.0 Å². The summed E-state index contributed by atoms with van der Waals surface area (Å²) in [6.07, 6.45) is 8.56. The summed E-state index contributed by atoms with van der Waals surface area (Å²) in [6, 6.07) is 7.71. The van der Waals surface area contributed by atoms with E-state index < -0.39 is 29.7 Å². The average Bonchev–Trinajstić information content (AvgIpc) is 3.64. The Labute approximate surface area is 343 Å². The van der Waals surface area contributed by atoms with Crippen LogP contribution in [0.1, 0.15) is 112 Å². The summed E-state index contributed by atoms with van der Waals surface area (Å²) in [5.74, 6) is -2.16. The fourth-order valence-electron chi connectivity index (χ4n) is 7.52. The molecule has 13 heteroatoms. The van der Waals surface area contributed by atoms with Crippen LogP contribution in [0.2, 0.25) is 0 Å². The third-order valence-corrected chi connectivity index (χ3v) is 10.8. The van der Waals surface area contributed by atoms with Crippen LogP contribution in [-0.4, -0.2) is 100.0 Å². The van der Waals surface area contributed by atoms with Crippen molar-refractivity contribution in [3.8, 4) is 0 Å². The number of likely N-dealkylation sites (tertiary alicyclic amines) is 2. The summed E-state index contributed by atoms with van der Waals surface area (Å²) in [5.41, 5.74) is 1.50. The summed E-state index contributed by atoms with van der Waals surface area (Å²) >= 11 is 0. The molecule has 0 spiro atoms. The molecule has 58 heavy (non-hydrogen) atoms. The number of benzene rings is 1. The van der Waals surface area contributed by atoms with E-state index in [-0.39, 0.29) is 66.2 Å². The standard InChI is InChI=1S/C45H63N5O8/c1-28(2)47-41(54)36(17-12-13-23-46-39(52)22-20-33-27-38(51)30(4)31(5)40(33)53)48-42(55)37-18-14-24-49(37)43(56)34(26-32-15-10-9-11-16-32)19-21-35-25-29(3)50(35)44(57)58-45(6,7)8/h9-11,15-16,19,21,27-29,34-37H,12-14,17-18,20,22-26H2,1-8H3,(H,46,52)(H,47,54)(H,48,55)/b21-19+/t29-,34+,35+,36-,37-/m0/s1. The molecular formula is C45H63N5O8. The van der Waals surface area contributed by atoms with Gasteiger partial charge < -0.3 is 25.6 Å². The zero-order chi connectivity index (χ0) is 42.7. The van der Waals surface area contributed by atoms with E-state index in [1.807, 2.05) is 84.0 Å². The van der Waals surface area contributed by atoms with Gasteiger partial charge in [-0.25, -0.2) is 4.79 Å². The minimum absolute atomic E-state index is 0.00194. The van der Waals surface area contributed by atoms with Gasteiger partial charge in [0, 0.05) is 48.3 Å². The van der Waals surface area contributed by atoms with Gasteiger partial charge in [0.2, 0.25) is 23.6 Å². The predicted octanol–water partition coefficient (Wildman–Crippen LogP) is 5.28. The first-order chi connectivity index (χ1) is 27.4. The highest BCUT2D eigenvalue weighted by Gasteiger charge is 2.41. The quantitative estimate of drug-likeness (QED) is 0.109. The lowest BCUT2D eigenvalue weighted by Gasteiger charge is -2.45. The molecule has 1 aromatic carbocycles. The third-order valence-electron chi connectivity index (χ3n) is 10.8. The molecule has 2 saturated heterocycles. The average molecular weight is 802 g/mol. The molecule has 3 N–H and O–H groups in total. The second-order valence-corrected chi connectivity index (χ2v) is 17.1. The van der Waals surface area contributed by atoms with E-state index in [1.165, 1.54) is 6.08 Å². The first kappa shape index (κ1) is 45.6. The lowest BCUT2D eigenvalue weighted by molar-refractivity contribution is -0.141. The van der Waals surface area contributed by atoms with Crippen molar-refractivity contribution >= 4 is 41.3 Å². The monoisotopic (exact) mass is 801 g/mol. The maximum Gasteiger partial charge on any atom is 0.411 e. The Bertz CT molecular complexity index is 1790. The molecular weight excluding hydrogens is 739 g/mol. The highest BCUT2D eigenvalue weighted by molar-refractivity contribution is 6.22. The lowest BCUT2D eigenvalue weighted by Crippen LogP contribution is -2.57. The molecule has 1 aromatic rings. The molecule has 2 heterocycles. The van der Waals surface area contributed by atoms with Gasteiger partial charge in [0.25, 0.3) is 0 Å². The highest BCUT2D eigenvalue weighted by Crippen LogP contribution is 2.30. The third kappa shape index (κ3) is 12.7. The second-order valence-electron chi connectivity index (χ2n) is 17.1. The maximum absolute atomic E-state index is 14.3. The van der Waals surface area contributed by atoms with Gasteiger partial charge in [0.05, 0.1) is 12.0 Å². The van der Waals surface area contributed by atoms with Crippen LogP contribution in [0.4, 0.5) is 4.79 Å². The number of allylic oxidation sites excluding steroid dienone is 4. The minimum atomic E-state index is -0.843. The van der Waals surface area contributed by atoms with Crippen molar-refractivity contribution in [1.29, 1.82) is 0 Å². The molecule has 4 rings (SSSR count). The van der Waals surface area contributed by atoms with Crippen LogP contribution in [0.5, 0.6) is 0 Å². The SMILES string of the molecule is CC1=C(C)C(=O)C(CCC(=O)NCCCC[C@H](NC(=O)[C@@H]2CCCN2C(=O)[C@H](/C=C/[C@@H]2C[C@H](C)N2C(=O)OC(C)(C)C)Cc2ccccc2)C(=O)NC(C)C)=CC1=O. The molecule has 0 bridgehead atoms. The van der Waals surface area contributed by atoms with Crippen molar-refractivity contribution in [2.75, 3.05) is 13.1 Å². The number of hydrogen-bond acceptors (Lipinski definition) is 8. The molecule has 1 aliphatic carbocycles. The van der Waals surface area contributed by atoms with Gasteiger partial charge in [-0.3, -0.25) is 33.7 Å². The Balaban J connectivity index is 1.36. The lowest BCUT2D eigenvalue weighted by atomic mass is 9.89. The van der Waals surface area contributed by atoms with Gasteiger partial charge in [-0.2, -0.15) is 0 Å². The van der Waals surface area contributed by atoms with E-state index >= 15 is 0 Å². The molecule has 0 aromatic heterocycles. The molecule has 5 amide bonds. The zero-order valence-corrected chi connectivity index (χ0v) is 35.5. The molecule has 3 aliphatic rings. The Morgan fingerprint density at radius 3 is 2.34 bits per heavy atom. The van der Waals surface area contributed by atoms with Gasteiger partial charge in [0.1, 0.15) is 17.7 Å². The Kier molecular flexibility index (Phi) is 16.2. The molecule has 0 unspecified atom stereocenters.